The SMILES string of the molecule is COc1ccc(Cl)cc1S(=O)(=O)N[C@H](Cc1ccccc1)C(=O)NCc1ccco1. The molecule has 2 aromatic carbocycles. The lowest BCUT2D eigenvalue weighted by atomic mass is 10.1. The fraction of sp³-hybridized carbons (Fsp3) is 0.190. The van der Waals surface area contributed by atoms with Gasteiger partial charge in [-0.1, -0.05) is 41.9 Å². The topological polar surface area (TPSA) is 97.6 Å². The van der Waals surface area contributed by atoms with Crippen LogP contribution in [-0.4, -0.2) is 27.5 Å². The van der Waals surface area contributed by atoms with Crippen molar-refractivity contribution in [2.24, 2.45) is 0 Å². The monoisotopic (exact) mass is 448 g/mol. The van der Waals surface area contributed by atoms with Crippen LogP contribution in [0.2, 0.25) is 5.02 Å². The molecule has 0 aliphatic carbocycles. The number of carbonyl (C=O) groups excluding carboxylic acids is 1. The summed E-state index contributed by atoms with van der Waals surface area (Å²) in [6, 6.07) is 15.8. The highest BCUT2D eigenvalue weighted by Crippen LogP contribution is 2.27. The predicted molar refractivity (Wildman–Crippen MR) is 113 cm³/mol. The summed E-state index contributed by atoms with van der Waals surface area (Å²) >= 11 is 5.98. The van der Waals surface area contributed by atoms with Crippen molar-refractivity contribution in [1.29, 1.82) is 0 Å². The number of methoxy groups -OCH3 is 1. The van der Waals surface area contributed by atoms with Crippen molar-refractivity contribution < 1.29 is 22.4 Å². The van der Waals surface area contributed by atoms with Crippen LogP contribution in [-0.2, 0) is 27.8 Å². The zero-order valence-corrected chi connectivity index (χ0v) is 17.7. The third kappa shape index (κ3) is 5.63. The van der Waals surface area contributed by atoms with E-state index in [0.717, 1.165) is 5.56 Å². The minimum absolute atomic E-state index is 0.126. The summed E-state index contributed by atoms with van der Waals surface area (Å²) in [5.74, 6) is 0.197. The Labute approximate surface area is 180 Å². The molecule has 0 spiro atoms. The lowest BCUT2D eigenvalue weighted by Crippen LogP contribution is -2.47. The van der Waals surface area contributed by atoms with E-state index in [4.69, 9.17) is 20.8 Å². The number of nitrogens with one attached hydrogen (secondary N) is 2. The Morgan fingerprint density at radius 3 is 2.57 bits per heavy atom. The molecule has 3 aromatic rings. The smallest absolute Gasteiger partial charge is 0.245 e. The number of ether oxygens (including phenoxy) is 1. The summed E-state index contributed by atoms with van der Waals surface area (Å²) in [7, 11) is -2.74. The maximum atomic E-state index is 13.1. The first-order valence-corrected chi connectivity index (χ1v) is 10.9. The van der Waals surface area contributed by atoms with E-state index < -0.39 is 22.0 Å². The quantitative estimate of drug-likeness (QED) is 0.524. The molecule has 2 N–H and O–H groups in total. The summed E-state index contributed by atoms with van der Waals surface area (Å²) in [6.45, 7) is 0.138. The van der Waals surface area contributed by atoms with Gasteiger partial charge < -0.3 is 14.5 Å². The molecule has 30 heavy (non-hydrogen) atoms. The molecule has 1 aromatic heterocycles. The Morgan fingerprint density at radius 1 is 1.13 bits per heavy atom. The average molecular weight is 449 g/mol. The van der Waals surface area contributed by atoms with Gasteiger partial charge in [-0.25, -0.2) is 8.42 Å². The molecule has 1 amide bonds. The molecule has 0 saturated carbocycles. The second-order valence-corrected chi connectivity index (χ2v) is 8.57. The lowest BCUT2D eigenvalue weighted by molar-refractivity contribution is -0.122. The van der Waals surface area contributed by atoms with Crippen LogP contribution in [0.3, 0.4) is 0 Å². The first-order valence-electron chi connectivity index (χ1n) is 9.09. The van der Waals surface area contributed by atoms with Crippen molar-refractivity contribution >= 4 is 27.5 Å². The summed E-state index contributed by atoms with van der Waals surface area (Å²) < 4.78 is 39.0. The number of benzene rings is 2. The first-order chi connectivity index (χ1) is 14.4. The van der Waals surface area contributed by atoms with E-state index in [9.17, 15) is 13.2 Å². The van der Waals surface area contributed by atoms with Gasteiger partial charge in [0.1, 0.15) is 22.4 Å². The maximum absolute atomic E-state index is 13.1. The Balaban J connectivity index is 1.85. The van der Waals surface area contributed by atoms with E-state index in [2.05, 4.69) is 10.0 Å². The molecule has 1 atom stereocenters. The molecular formula is C21H21ClN2O5S. The number of furan rings is 1. The zero-order chi connectivity index (χ0) is 21.6. The van der Waals surface area contributed by atoms with Gasteiger partial charge in [-0.15, -0.1) is 0 Å². The van der Waals surface area contributed by atoms with Crippen LogP contribution in [0.5, 0.6) is 5.75 Å². The van der Waals surface area contributed by atoms with E-state index >= 15 is 0 Å². The van der Waals surface area contributed by atoms with Gasteiger partial charge in [-0.3, -0.25) is 4.79 Å². The van der Waals surface area contributed by atoms with E-state index in [-0.39, 0.29) is 28.6 Å². The van der Waals surface area contributed by atoms with E-state index in [1.54, 1.807) is 12.1 Å². The predicted octanol–water partition coefficient (Wildman–Crippen LogP) is 3.15. The molecule has 1 heterocycles. The third-order valence-electron chi connectivity index (χ3n) is 4.33. The largest absolute Gasteiger partial charge is 0.495 e. The fourth-order valence-electron chi connectivity index (χ4n) is 2.86. The van der Waals surface area contributed by atoms with Crippen molar-refractivity contribution in [3.05, 3.63) is 83.3 Å². The summed E-state index contributed by atoms with van der Waals surface area (Å²) in [6.07, 6.45) is 1.66. The molecule has 0 fully saturated rings. The highest BCUT2D eigenvalue weighted by Gasteiger charge is 2.28. The molecule has 0 aliphatic rings. The number of halogens is 1. The fourth-order valence-corrected chi connectivity index (χ4v) is 4.49. The second kappa shape index (κ2) is 9.80. The highest BCUT2D eigenvalue weighted by atomic mass is 35.5. The highest BCUT2D eigenvalue weighted by molar-refractivity contribution is 7.89. The molecule has 0 aliphatic heterocycles. The van der Waals surface area contributed by atoms with E-state index in [0.29, 0.717) is 5.76 Å². The minimum atomic E-state index is -4.11. The van der Waals surface area contributed by atoms with Gasteiger partial charge in [-0.05, 0) is 42.3 Å². The number of amides is 1. The minimum Gasteiger partial charge on any atom is -0.495 e. The van der Waals surface area contributed by atoms with Gasteiger partial charge in [0, 0.05) is 5.02 Å². The number of carbonyl (C=O) groups is 1. The van der Waals surface area contributed by atoms with Crippen molar-refractivity contribution in [1.82, 2.24) is 10.0 Å². The van der Waals surface area contributed by atoms with Crippen LogP contribution in [0.25, 0.3) is 0 Å². The van der Waals surface area contributed by atoms with Crippen LogP contribution < -0.4 is 14.8 Å². The Bertz CT molecular complexity index is 1090. The lowest BCUT2D eigenvalue weighted by Gasteiger charge is -2.19. The second-order valence-electron chi connectivity index (χ2n) is 6.46. The Kier molecular flexibility index (Phi) is 7.15. The van der Waals surface area contributed by atoms with E-state index in [1.807, 2.05) is 30.3 Å². The zero-order valence-electron chi connectivity index (χ0n) is 16.2. The number of hydrogen-bond acceptors (Lipinski definition) is 5. The maximum Gasteiger partial charge on any atom is 0.245 e. The van der Waals surface area contributed by atoms with Gasteiger partial charge in [-0.2, -0.15) is 4.72 Å². The number of hydrogen-bond donors (Lipinski definition) is 2. The standard InChI is InChI=1S/C21H21ClN2O5S/c1-28-19-10-9-16(22)13-20(19)30(26,27)24-18(12-15-6-3-2-4-7-15)21(25)23-14-17-8-5-11-29-17/h2-11,13,18,24H,12,14H2,1H3,(H,23,25)/t18-/m1/s1. The van der Waals surface area contributed by atoms with Crippen LogP contribution in [0, 0.1) is 0 Å². The van der Waals surface area contributed by atoms with E-state index in [1.165, 1.54) is 31.6 Å². The van der Waals surface area contributed by atoms with Gasteiger partial charge in [0.2, 0.25) is 15.9 Å². The van der Waals surface area contributed by atoms with Crippen molar-refractivity contribution in [2.75, 3.05) is 7.11 Å². The van der Waals surface area contributed by atoms with Crippen molar-refractivity contribution in [2.45, 2.75) is 23.9 Å². The number of sulfonamides is 1. The normalized spacial score (nSPS) is 12.3. The Hall–Kier alpha value is -2.81. The van der Waals surface area contributed by atoms with Gasteiger partial charge in [0.05, 0.1) is 19.9 Å². The third-order valence-corrected chi connectivity index (χ3v) is 6.06. The van der Waals surface area contributed by atoms with Crippen molar-refractivity contribution in [3.63, 3.8) is 0 Å². The Morgan fingerprint density at radius 2 is 1.90 bits per heavy atom. The van der Waals surface area contributed by atoms with Gasteiger partial charge in [0.15, 0.2) is 0 Å². The molecular weight excluding hydrogens is 428 g/mol. The molecule has 3 rings (SSSR count). The molecule has 0 unspecified atom stereocenters. The van der Waals surface area contributed by atoms with Crippen LogP contribution >= 0.6 is 11.6 Å². The van der Waals surface area contributed by atoms with Crippen LogP contribution in [0.1, 0.15) is 11.3 Å². The van der Waals surface area contributed by atoms with Gasteiger partial charge in [0.25, 0.3) is 0 Å². The molecule has 9 heteroatoms. The molecule has 158 valence electrons. The average Bonchev–Trinajstić information content (AvgIpc) is 3.26. The first kappa shape index (κ1) is 21.9. The van der Waals surface area contributed by atoms with Crippen LogP contribution in [0.4, 0.5) is 0 Å². The summed E-state index contributed by atoms with van der Waals surface area (Å²) in [5, 5.41) is 2.94. The van der Waals surface area contributed by atoms with Crippen molar-refractivity contribution in [3.8, 4) is 5.75 Å². The molecule has 7 nitrogen and oxygen atoms in total. The number of rotatable bonds is 9. The molecule has 0 saturated heterocycles. The molecule has 0 radical (unpaired) electrons. The van der Waals surface area contributed by atoms with Gasteiger partial charge >= 0.3 is 0 Å². The summed E-state index contributed by atoms with van der Waals surface area (Å²) in [4.78, 5) is 12.7. The summed E-state index contributed by atoms with van der Waals surface area (Å²) in [5.41, 5.74) is 0.802. The molecule has 0 bridgehead atoms. The van der Waals surface area contributed by atoms with Crippen LogP contribution in [0.15, 0.2) is 76.2 Å².